The van der Waals surface area contributed by atoms with E-state index in [-0.39, 0.29) is 0 Å². The Labute approximate surface area is 149 Å². The number of fused-ring (bicyclic) bond motifs is 3. The first-order valence-electron chi connectivity index (χ1n) is 9.08. The number of rotatable bonds is 2. The average Bonchev–Trinajstić information content (AvgIpc) is 3.18. The van der Waals surface area contributed by atoms with Crippen LogP contribution in [0.3, 0.4) is 0 Å². The fraction of sp³-hybridized carbons (Fsp3) is 0.167. The van der Waals surface area contributed by atoms with E-state index in [1.54, 1.807) is 0 Å². The molecule has 0 bridgehead atoms. The normalized spacial score (nSPS) is 23.6. The van der Waals surface area contributed by atoms with E-state index in [2.05, 4.69) is 96.3 Å². The zero-order chi connectivity index (χ0) is 16.6. The van der Waals surface area contributed by atoms with Crippen molar-refractivity contribution in [1.29, 1.82) is 0 Å². The van der Waals surface area contributed by atoms with Gasteiger partial charge < -0.3 is 5.32 Å². The van der Waals surface area contributed by atoms with Gasteiger partial charge in [-0.15, -0.1) is 0 Å². The van der Waals surface area contributed by atoms with E-state index in [9.17, 15) is 0 Å². The summed E-state index contributed by atoms with van der Waals surface area (Å²) in [6.07, 6.45) is 5.92. The Morgan fingerprint density at radius 2 is 1.52 bits per heavy atom. The highest BCUT2D eigenvalue weighted by atomic mass is 15.0. The molecule has 0 radical (unpaired) electrons. The Morgan fingerprint density at radius 1 is 0.760 bits per heavy atom. The van der Waals surface area contributed by atoms with Gasteiger partial charge in [0.05, 0.1) is 6.04 Å². The second kappa shape index (κ2) is 5.93. The second-order valence-corrected chi connectivity index (χ2v) is 7.05. The Hall–Kier alpha value is -2.80. The van der Waals surface area contributed by atoms with Gasteiger partial charge in [-0.25, -0.2) is 0 Å². The molecule has 0 aromatic heterocycles. The van der Waals surface area contributed by atoms with Crippen molar-refractivity contribution in [2.24, 2.45) is 5.92 Å². The third-order valence-electron chi connectivity index (χ3n) is 5.63. The minimum absolute atomic E-state index is 0.385. The van der Waals surface area contributed by atoms with E-state index in [1.807, 2.05) is 0 Å². The van der Waals surface area contributed by atoms with Gasteiger partial charge in [-0.2, -0.15) is 0 Å². The molecule has 0 amide bonds. The molecule has 1 heterocycles. The van der Waals surface area contributed by atoms with Crippen molar-refractivity contribution >= 4 is 5.69 Å². The molecular weight excluding hydrogens is 302 g/mol. The number of nitrogens with one attached hydrogen (secondary N) is 1. The molecule has 0 fully saturated rings. The van der Waals surface area contributed by atoms with Crippen molar-refractivity contribution in [2.45, 2.75) is 18.4 Å². The SMILES string of the molecule is C1=C[C@@H]2c3cc(-c4ccccc4)ccc3N[C@@H](c3ccccc3)[C@H]2C1. The maximum atomic E-state index is 3.82. The van der Waals surface area contributed by atoms with Gasteiger partial charge in [0, 0.05) is 11.6 Å². The minimum Gasteiger partial charge on any atom is -0.378 e. The van der Waals surface area contributed by atoms with E-state index in [4.69, 9.17) is 0 Å². The van der Waals surface area contributed by atoms with Crippen LogP contribution in [-0.4, -0.2) is 0 Å². The molecule has 1 N–H and O–H groups in total. The number of hydrogen-bond donors (Lipinski definition) is 1. The highest BCUT2D eigenvalue weighted by Gasteiger charge is 2.37. The van der Waals surface area contributed by atoms with Crippen LogP contribution in [-0.2, 0) is 0 Å². The summed E-state index contributed by atoms with van der Waals surface area (Å²) >= 11 is 0. The molecule has 2 aliphatic rings. The van der Waals surface area contributed by atoms with E-state index >= 15 is 0 Å². The van der Waals surface area contributed by atoms with Crippen molar-refractivity contribution in [1.82, 2.24) is 0 Å². The van der Waals surface area contributed by atoms with E-state index in [1.165, 1.54) is 27.9 Å². The molecule has 3 aromatic carbocycles. The first-order valence-corrected chi connectivity index (χ1v) is 9.08. The van der Waals surface area contributed by atoms with Crippen molar-refractivity contribution in [3.05, 3.63) is 102 Å². The summed E-state index contributed by atoms with van der Waals surface area (Å²) in [6.45, 7) is 0. The van der Waals surface area contributed by atoms with Crippen LogP contribution in [0.4, 0.5) is 5.69 Å². The zero-order valence-corrected chi connectivity index (χ0v) is 14.1. The van der Waals surface area contributed by atoms with E-state index < -0.39 is 0 Å². The quantitative estimate of drug-likeness (QED) is 0.555. The number of allylic oxidation sites excluding steroid dienone is 2. The van der Waals surface area contributed by atoms with Crippen LogP contribution in [0, 0.1) is 5.92 Å². The van der Waals surface area contributed by atoms with Gasteiger partial charge in [-0.3, -0.25) is 0 Å². The van der Waals surface area contributed by atoms with Crippen LogP contribution in [0.15, 0.2) is 91.0 Å². The monoisotopic (exact) mass is 323 g/mol. The van der Waals surface area contributed by atoms with Crippen LogP contribution in [0.5, 0.6) is 0 Å². The second-order valence-electron chi connectivity index (χ2n) is 7.05. The van der Waals surface area contributed by atoms with Gasteiger partial charge in [0.15, 0.2) is 0 Å². The lowest BCUT2D eigenvalue weighted by molar-refractivity contribution is 0.425. The lowest BCUT2D eigenvalue weighted by atomic mass is 9.76. The summed E-state index contributed by atoms with van der Waals surface area (Å²) in [5.41, 5.74) is 6.69. The van der Waals surface area contributed by atoms with Crippen molar-refractivity contribution in [2.75, 3.05) is 5.32 Å². The number of benzene rings is 3. The third-order valence-corrected chi connectivity index (χ3v) is 5.63. The van der Waals surface area contributed by atoms with Crippen LogP contribution in [0.2, 0.25) is 0 Å². The molecule has 3 aromatic rings. The maximum Gasteiger partial charge on any atom is 0.0553 e. The van der Waals surface area contributed by atoms with Gasteiger partial charge in [-0.1, -0.05) is 78.9 Å². The summed E-state index contributed by atoms with van der Waals surface area (Å²) in [5, 5.41) is 3.82. The molecule has 1 aliphatic heterocycles. The molecule has 0 spiro atoms. The van der Waals surface area contributed by atoms with Crippen LogP contribution in [0.1, 0.15) is 29.5 Å². The van der Waals surface area contributed by atoms with E-state index in [0.717, 1.165) is 6.42 Å². The van der Waals surface area contributed by atoms with E-state index in [0.29, 0.717) is 17.9 Å². The molecule has 25 heavy (non-hydrogen) atoms. The van der Waals surface area contributed by atoms with Crippen molar-refractivity contribution in [3.8, 4) is 11.1 Å². The zero-order valence-electron chi connectivity index (χ0n) is 14.1. The topological polar surface area (TPSA) is 12.0 Å². The smallest absolute Gasteiger partial charge is 0.0553 e. The molecule has 1 nitrogen and oxygen atoms in total. The first-order chi connectivity index (χ1) is 12.4. The predicted octanol–water partition coefficient (Wildman–Crippen LogP) is 6.18. The predicted molar refractivity (Wildman–Crippen MR) is 105 cm³/mol. The Kier molecular flexibility index (Phi) is 3.45. The van der Waals surface area contributed by atoms with Gasteiger partial charge in [0.2, 0.25) is 0 Å². The largest absolute Gasteiger partial charge is 0.378 e. The molecule has 122 valence electrons. The Morgan fingerprint density at radius 3 is 2.32 bits per heavy atom. The standard InChI is InChI=1S/C24H21N/c1-3-8-17(9-4-1)19-14-15-23-22(16-19)20-12-7-13-21(20)24(25-23)18-10-5-2-6-11-18/h1-12,14-16,20-21,24-25H,13H2/t20-,21-,24-/m0/s1. The molecule has 3 atom stereocenters. The van der Waals surface area contributed by atoms with Crippen LogP contribution in [0.25, 0.3) is 11.1 Å². The van der Waals surface area contributed by atoms with Crippen LogP contribution >= 0.6 is 0 Å². The third kappa shape index (κ3) is 2.47. The molecule has 1 aliphatic carbocycles. The van der Waals surface area contributed by atoms with Gasteiger partial charge in [0.1, 0.15) is 0 Å². The fourth-order valence-electron chi connectivity index (χ4n) is 4.39. The minimum atomic E-state index is 0.385. The van der Waals surface area contributed by atoms with Crippen molar-refractivity contribution < 1.29 is 0 Å². The first kappa shape index (κ1) is 14.5. The molecule has 0 saturated carbocycles. The summed E-state index contributed by atoms with van der Waals surface area (Å²) < 4.78 is 0. The van der Waals surface area contributed by atoms with Gasteiger partial charge >= 0.3 is 0 Å². The lowest BCUT2D eigenvalue weighted by Crippen LogP contribution is -2.29. The number of anilines is 1. The lowest BCUT2D eigenvalue weighted by Gasteiger charge is -2.37. The molecule has 5 rings (SSSR count). The molecular formula is C24H21N. The summed E-state index contributed by atoms with van der Waals surface area (Å²) in [4.78, 5) is 0. The Bertz CT molecular complexity index is 911. The highest BCUT2D eigenvalue weighted by Crippen LogP contribution is 2.50. The van der Waals surface area contributed by atoms with Crippen molar-refractivity contribution in [3.63, 3.8) is 0 Å². The summed E-state index contributed by atoms with van der Waals surface area (Å²) in [7, 11) is 0. The molecule has 0 unspecified atom stereocenters. The Balaban J connectivity index is 1.58. The molecule has 0 saturated heterocycles. The summed E-state index contributed by atoms with van der Waals surface area (Å²) in [6, 6.07) is 28.8. The maximum absolute atomic E-state index is 3.82. The van der Waals surface area contributed by atoms with Crippen LogP contribution < -0.4 is 5.32 Å². The number of hydrogen-bond acceptors (Lipinski definition) is 1. The summed E-state index contributed by atoms with van der Waals surface area (Å²) in [5.74, 6) is 1.10. The molecule has 1 heteroatoms. The van der Waals surface area contributed by atoms with Gasteiger partial charge in [0.25, 0.3) is 0 Å². The van der Waals surface area contributed by atoms with Gasteiger partial charge in [-0.05, 0) is 46.7 Å². The highest BCUT2D eigenvalue weighted by molar-refractivity contribution is 5.71. The fourth-order valence-corrected chi connectivity index (χ4v) is 4.39. The average molecular weight is 323 g/mol.